The lowest BCUT2D eigenvalue weighted by molar-refractivity contribution is -0.141. The van der Waals surface area contributed by atoms with Gasteiger partial charge in [-0.15, -0.1) is 0 Å². The van der Waals surface area contributed by atoms with Crippen molar-refractivity contribution in [2.75, 3.05) is 0 Å². The average molecular weight is 244 g/mol. The van der Waals surface area contributed by atoms with Crippen LogP contribution >= 0.6 is 11.6 Å². The average Bonchev–Trinajstić information content (AvgIpc) is 2.18. The van der Waals surface area contributed by atoms with E-state index >= 15 is 0 Å². The molecule has 1 amide bonds. The number of halogens is 1. The van der Waals surface area contributed by atoms with Crippen molar-refractivity contribution in [2.24, 2.45) is 0 Å². The number of carbonyl (C=O) groups excluding carboxylic acids is 1. The van der Waals surface area contributed by atoms with Crippen LogP contribution in [-0.4, -0.2) is 22.1 Å². The molecule has 0 aliphatic rings. The second kappa shape index (κ2) is 4.85. The van der Waals surface area contributed by atoms with E-state index in [-0.39, 0.29) is 10.8 Å². The van der Waals surface area contributed by atoms with E-state index in [1.807, 2.05) is 0 Å². The number of hydrogen-bond acceptors (Lipinski definition) is 3. The van der Waals surface area contributed by atoms with Gasteiger partial charge in [0.05, 0.1) is 5.02 Å². The van der Waals surface area contributed by atoms with Gasteiger partial charge < -0.3 is 15.5 Å². The smallest absolute Gasteiger partial charge is 0.330 e. The number of phenols is 1. The van der Waals surface area contributed by atoms with Crippen molar-refractivity contribution in [3.63, 3.8) is 0 Å². The van der Waals surface area contributed by atoms with Crippen molar-refractivity contribution in [3.8, 4) is 5.75 Å². The van der Waals surface area contributed by atoms with Crippen molar-refractivity contribution in [1.29, 1.82) is 0 Å². The molecular formula is C10H10ClNO4. The summed E-state index contributed by atoms with van der Waals surface area (Å²) in [5.74, 6) is -1.80. The SMILES string of the molecule is CC(=O)NC(C(=O)O)c1ccc(O)c(Cl)c1. The number of carboxylic acid groups (broad SMARTS) is 1. The molecule has 86 valence electrons. The molecule has 0 bridgehead atoms. The van der Waals surface area contributed by atoms with Crippen LogP contribution in [0.25, 0.3) is 0 Å². The van der Waals surface area contributed by atoms with Crippen LogP contribution in [-0.2, 0) is 9.59 Å². The fraction of sp³-hybridized carbons (Fsp3) is 0.200. The summed E-state index contributed by atoms with van der Waals surface area (Å²) in [4.78, 5) is 21.7. The van der Waals surface area contributed by atoms with Gasteiger partial charge in [0.1, 0.15) is 5.75 Å². The summed E-state index contributed by atoms with van der Waals surface area (Å²) < 4.78 is 0. The van der Waals surface area contributed by atoms with Crippen LogP contribution < -0.4 is 5.32 Å². The molecule has 0 heterocycles. The molecule has 6 heteroatoms. The van der Waals surface area contributed by atoms with E-state index in [9.17, 15) is 14.7 Å². The van der Waals surface area contributed by atoms with E-state index in [1.54, 1.807) is 0 Å². The normalized spacial score (nSPS) is 11.9. The first-order chi connectivity index (χ1) is 7.41. The molecule has 1 rings (SSSR count). The molecule has 0 fully saturated rings. The van der Waals surface area contributed by atoms with Crippen LogP contribution in [0.15, 0.2) is 18.2 Å². The number of aromatic hydroxyl groups is 1. The Labute approximate surface area is 96.7 Å². The Kier molecular flexibility index (Phi) is 3.73. The van der Waals surface area contributed by atoms with Gasteiger partial charge in [0.15, 0.2) is 6.04 Å². The Morgan fingerprint density at radius 3 is 2.50 bits per heavy atom. The zero-order chi connectivity index (χ0) is 12.3. The van der Waals surface area contributed by atoms with Crippen LogP contribution in [0.4, 0.5) is 0 Å². The number of carboxylic acids is 1. The Hall–Kier alpha value is -1.75. The van der Waals surface area contributed by atoms with Crippen molar-refractivity contribution >= 4 is 23.5 Å². The molecular weight excluding hydrogens is 234 g/mol. The van der Waals surface area contributed by atoms with Gasteiger partial charge in [-0.1, -0.05) is 17.7 Å². The van der Waals surface area contributed by atoms with Gasteiger partial charge in [0.25, 0.3) is 0 Å². The molecule has 0 saturated heterocycles. The van der Waals surface area contributed by atoms with Gasteiger partial charge in [-0.25, -0.2) is 4.79 Å². The minimum Gasteiger partial charge on any atom is -0.506 e. The molecule has 5 nitrogen and oxygen atoms in total. The van der Waals surface area contributed by atoms with E-state index < -0.39 is 17.9 Å². The Morgan fingerprint density at radius 2 is 2.06 bits per heavy atom. The Morgan fingerprint density at radius 1 is 1.44 bits per heavy atom. The first-order valence-corrected chi connectivity index (χ1v) is 4.78. The number of aliphatic carboxylic acids is 1. The van der Waals surface area contributed by atoms with Crippen LogP contribution in [0.3, 0.4) is 0 Å². The molecule has 1 aromatic rings. The summed E-state index contributed by atoms with van der Waals surface area (Å²) in [6, 6.07) is 2.78. The lowest BCUT2D eigenvalue weighted by Gasteiger charge is -2.14. The van der Waals surface area contributed by atoms with Crippen LogP contribution in [0.1, 0.15) is 18.5 Å². The highest BCUT2D eigenvalue weighted by Gasteiger charge is 2.21. The van der Waals surface area contributed by atoms with Gasteiger partial charge >= 0.3 is 5.97 Å². The summed E-state index contributed by atoms with van der Waals surface area (Å²) in [7, 11) is 0. The molecule has 0 saturated carbocycles. The van der Waals surface area contributed by atoms with E-state index in [1.165, 1.54) is 25.1 Å². The van der Waals surface area contributed by atoms with E-state index in [4.69, 9.17) is 16.7 Å². The minimum atomic E-state index is -1.20. The van der Waals surface area contributed by atoms with Gasteiger partial charge in [-0.05, 0) is 17.7 Å². The Balaban J connectivity index is 3.06. The van der Waals surface area contributed by atoms with E-state index in [2.05, 4.69) is 5.32 Å². The molecule has 1 unspecified atom stereocenters. The zero-order valence-electron chi connectivity index (χ0n) is 8.40. The molecule has 0 spiro atoms. The van der Waals surface area contributed by atoms with Gasteiger partial charge in [-0.3, -0.25) is 4.79 Å². The first kappa shape index (κ1) is 12.3. The molecule has 0 radical (unpaired) electrons. The summed E-state index contributed by atoms with van der Waals surface area (Å²) in [5, 5.41) is 20.4. The maximum Gasteiger partial charge on any atom is 0.330 e. The summed E-state index contributed by atoms with van der Waals surface area (Å²) >= 11 is 5.64. The van der Waals surface area contributed by atoms with Crippen molar-refractivity contribution in [2.45, 2.75) is 13.0 Å². The van der Waals surface area contributed by atoms with Crippen molar-refractivity contribution in [3.05, 3.63) is 28.8 Å². The zero-order valence-corrected chi connectivity index (χ0v) is 9.15. The van der Waals surface area contributed by atoms with E-state index in [0.717, 1.165) is 0 Å². The first-order valence-electron chi connectivity index (χ1n) is 4.40. The maximum absolute atomic E-state index is 10.9. The van der Waals surface area contributed by atoms with Crippen LogP contribution in [0.5, 0.6) is 5.75 Å². The number of nitrogens with one attached hydrogen (secondary N) is 1. The topological polar surface area (TPSA) is 86.6 Å². The number of benzene rings is 1. The highest BCUT2D eigenvalue weighted by molar-refractivity contribution is 6.32. The monoisotopic (exact) mass is 243 g/mol. The number of amides is 1. The molecule has 0 aliphatic heterocycles. The fourth-order valence-corrected chi connectivity index (χ4v) is 1.38. The second-order valence-electron chi connectivity index (χ2n) is 3.18. The summed E-state index contributed by atoms with van der Waals surface area (Å²) in [6.45, 7) is 1.22. The number of rotatable bonds is 3. The third-order valence-corrected chi connectivity index (χ3v) is 2.20. The number of phenolic OH excluding ortho intramolecular Hbond substituents is 1. The third-order valence-electron chi connectivity index (χ3n) is 1.90. The molecule has 16 heavy (non-hydrogen) atoms. The Bertz CT molecular complexity index is 433. The fourth-order valence-electron chi connectivity index (χ4n) is 1.19. The molecule has 1 aromatic carbocycles. The molecule has 1 atom stereocenters. The third kappa shape index (κ3) is 2.87. The van der Waals surface area contributed by atoms with Crippen LogP contribution in [0.2, 0.25) is 5.02 Å². The highest BCUT2D eigenvalue weighted by Crippen LogP contribution is 2.26. The molecule has 0 aliphatic carbocycles. The van der Waals surface area contributed by atoms with E-state index in [0.29, 0.717) is 5.56 Å². The van der Waals surface area contributed by atoms with Gasteiger partial charge in [-0.2, -0.15) is 0 Å². The molecule has 3 N–H and O–H groups in total. The van der Waals surface area contributed by atoms with Crippen molar-refractivity contribution < 1.29 is 19.8 Å². The van der Waals surface area contributed by atoms with Crippen LogP contribution in [0, 0.1) is 0 Å². The standard InChI is InChI=1S/C10H10ClNO4/c1-5(13)12-9(10(15)16)6-2-3-8(14)7(11)4-6/h2-4,9,14H,1H3,(H,12,13)(H,15,16). The van der Waals surface area contributed by atoms with Gasteiger partial charge in [0.2, 0.25) is 5.91 Å². The maximum atomic E-state index is 10.9. The molecule has 0 aromatic heterocycles. The minimum absolute atomic E-state index is 0.0362. The quantitative estimate of drug-likeness (QED) is 0.747. The lowest BCUT2D eigenvalue weighted by Crippen LogP contribution is -2.31. The predicted octanol–water partition coefficient (Wildman–Crippen LogP) is 1.31. The summed E-state index contributed by atoms with van der Waals surface area (Å²) in [5.41, 5.74) is 0.297. The highest BCUT2D eigenvalue weighted by atomic mass is 35.5. The van der Waals surface area contributed by atoms with Gasteiger partial charge in [0, 0.05) is 6.92 Å². The summed E-state index contributed by atoms with van der Waals surface area (Å²) in [6.07, 6.45) is 0. The lowest BCUT2D eigenvalue weighted by atomic mass is 10.1. The predicted molar refractivity (Wildman–Crippen MR) is 57.3 cm³/mol. The largest absolute Gasteiger partial charge is 0.506 e. The number of hydrogen-bond donors (Lipinski definition) is 3. The van der Waals surface area contributed by atoms with Crippen molar-refractivity contribution in [1.82, 2.24) is 5.32 Å². The second-order valence-corrected chi connectivity index (χ2v) is 3.59. The number of carbonyl (C=O) groups is 2.